The van der Waals surface area contributed by atoms with Crippen LogP contribution in [0.1, 0.15) is 18.4 Å². The fourth-order valence-electron chi connectivity index (χ4n) is 2.29. The third kappa shape index (κ3) is 4.52. The molecule has 1 aliphatic rings. The molecule has 0 saturated carbocycles. The smallest absolute Gasteiger partial charge is 0.240 e. The van der Waals surface area contributed by atoms with Gasteiger partial charge < -0.3 is 10.6 Å². The number of carbonyl (C=O) groups excluding carboxylic acids is 1. The molecule has 1 aromatic carbocycles. The molecule has 6 nitrogen and oxygen atoms in total. The zero-order chi connectivity index (χ0) is 15.3. The van der Waals surface area contributed by atoms with Crippen molar-refractivity contribution < 1.29 is 13.2 Å². The van der Waals surface area contributed by atoms with Gasteiger partial charge in [-0.15, -0.1) is 0 Å². The second-order valence-electron chi connectivity index (χ2n) is 5.11. The lowest BCUT2D eigenvalue weighted by Crippen LogP contribution is -2.36. The van der Waals surface area contributed by atoms with Crippen LogP contribution in [-0.2, 0) is 21.2 Å². The van der Waals surface area contributed by atoms with Crippen LogP contribution in [0.25, 0.3) is 0 Å². The number of sulfonamides is 1. The van der Waals surface area contributed by atoms with Gasteiger partial charge in [0.15, 0.2) is 0 Å². The Morgan fingerprint density at radius 2 is 2.05 bits per heavy atom. The lowest BCUT2D eigenvalue weighted by Gasteiger charge is -2.11. The Morgan fingerprint density at radius 3 is 2.62 bits per heavy atom. The molecule has 1 unspecified atom stereocenters. The van der Waals surface area contributed by atoms with Crippen molar-refractivity contribution in [2.75, 3.05) is 20.1 Å². The van der Waals surface area contributed by atoms with Crippen LogP contribution in [0.4, 0.5) is 0 Å². The summed E-state index contributed by atoms with van der Waals surface area (Å²) in [6.45, 7) is 1.79. The van der Waals surface area contributed by atoms with Crippen LogP contribution in [0.3, 0.4) is 0 Å². The summed E-state index contributed by atoms with van der Waals surface area (Å²) < 4.78 is 25.5. The van der Waals surface area contributed by atoms with Gasteiger partial charge in [0.05, 0.1) is 4.90 Å². The molecule has 1 aliphatic heterocycles. The van der Waals surface area contributed by atoms with Crippen molar-refractivity contribution in [3.63, 3.8) is 0 Å². The van der Waals surface area contributed by atoms with E-state index in [4.69, 9.17) is 0 Å². The Kier molecular flexibility index (Phi) is 5.33. The van der Waals surface area contributed by atoms with Crippen molar-refractivity contribution in [3.05, 3.63) is 29.8 Å². The Hall–Kier alpha value is -1.44. The average Bonchev–Trinajstić information content (AvgIpc) is 2.98. The maximum atomic E-state index is 11.8. The highest BCUT2D eigenvalue weighted by atomic mass is 32.2. The number of amides is 1. The van der Waals surface area contributed by atoms with E-state index in [-0.39, 0.29) is 16.8 Å². The summed E-state index contributed by atoms with van der Waals surface area (Å²) in [6, 6.07) is 6.84. The minimum Gasteiger partial charge on any atom is -0.352 e. The van der Waals surface area contributed by atoms with Gasteiger partial charge in [0.1, 0.15) is 0 Å². The van der Waals surface area contributed by atoms with E-state index in [0.717, 1.165) is 25.1 Å². The zero-order valence-electron chi connectivity index (χ0n) is 12.1. The van der Waals surface area contributed by atoms with Crippen LogP contribution < -0.4 is 15.4 Å². The van der Waals surface area contributed by atoms with E-state index >= 15 is 0 Å². The van der Waals surface area contributed by atoms with Gasteiger partial charge in [0, 0.05) is 19.0 Å². The molecule has 0 bridgehead atoms. The fraction of sp³-hybridized carbons (Fsp3) is 0.500. The van der Waals surface area contributed by atoms with Gasteiger partial charge in [-0.05, 0) is 44.1 Å². The van der Waals surface area contributed by atoms with Crippen molar-refractivity contribution in [1.29, 1.82) is 0 Å². The highest BCUT2D eigenvalue weighted by molar-refractivity contribution is 7.89. The Labute approximate surface area is 125 Å². The molecule has 7 heteroatoms. The van der Waals surface area contributed by atoms with Crippen molar-refractivity contribution in [2.24, 2.45) is 0 Å². The number of carbonyl (C=O) groups is 1. The number of hydrogen-bond acceptors (Lipinski definition) is 4. The fourth-order valence-corrected chi connectivity index (χ4v) is 3.02. The second-order valence-corrected chi connectivity index (χ2v) is 7.00. The molecule has 0 aliphatic carbocycles. The predicted molar refractivity (Wildman–Crippen MR) is 80.4 cm³/mol. The summed E-state index contributed by atoms with van der Waals surface area (Å²) >= 11 is 0. The molecule has 0 spiro atoms. The van der Waals surface area contributed by atoms with E-state index in [9.17, 15) is 13.2 Å². The van der Waals surface area contributed by atoms with Crippen molar-refractivity contribution >= 4 is 15.9 Å². The molecule has 0 aromatic heterocycles. The lowest BCUT2D eigenvalue weighted by molar-refractivity contribution is -0.121. The van der Waals surface area contributed by atoms with Gasteiger partial charge in [-0.3, -0.25) is 4.79 Å². The van der Waals surface area contributed by atoms with Crippen molar-refractivity contribution in [1.82, 2.24) is 15.4 Å². The van der Waals surface area contributed by atoms with Crippen molar-refractivity contribution in [3.8, 4) is 0 Å². The Morgan fingerprint density at radius 1 is 1.33 bits per heavy atom. The summed E-state index contributed by atoms with van der Waals surface area (Å²) in [4.78, 5) is 12.0. The van der Waals surface area contributed by atoms with Crippen LogP contribution >= 0.6 is 0 Å². The molecular formula is C14H21N3O3S. The third-order valence-electron chi connectivity index (χ3n) is 3.57. The normalized spacial score (nSPS) is 18.6. The molecule has 1 amide bonds. The van der Waals surface area contributed by atoms with Crippen molar-refractivity contribution in [2.45, 2.75) is 30.2 Å². The monoisotopic (exact) mass is 311 g/mol. The Balaban J connectivity index is 1.84. The largest absolute Gasteiger partial charge is 0.352 e. The first-order chi connectivity index (χ1) is 10.0. The highest BCUT2D eigenvalue weighted by Gasteiger charge is 2.16. The quantitative estimate of drug-likeness (QED) is 0.690. The predicted octanol–water partition coefficient (Wildman–Crippen LogP) is 0.00540. The third-order valence-corrected chi connectivity index (χ3v) is 5.00. The molecule has 1 aromatic rings. The highest BCUT2D eigenvalue weighted by Crippen LogP contribution is 2.11. The number of hydrogen-bond donors (Lipinski definition) is 3. The van der Waals surface area contributed by atoms with E-state index in [1.54, 1.807) is 24.3 Å². The molecule has 0 radical (unpaired) electrons. The topological polar surface area (TPSA) is 87.3 Å². The van der Waals surface area contributed by atoms with Crippen LogP contribution in [0, 0.1) is 0 Å². The maximum absolute atomic E-state index is 11.8. The minimum absolute atomic E-state index is 0.0376. The van der Waals surface area contributed by atoms with Gasteiger partial charge in [-0.2, -0.15) is 0 Å². The van der Waals surface area contributed by atoms with E-state index in [1.165, 1.54) is 7.05 Å². The lowest BCUT2D eigenvalue weighted by atomic mass is 10.1. The summed E-state index contributed by atoms with van der Waals surface area (Å²) in [7, 11) is -2.02. The van der Waals surface area contributed by atoms with Gasteiger partial charge in [-0.25, -0.2) is 13.1 Å². The van der Waals surface area contributed by atoms with Gasteiger partial charge >= 0.3 is 0 Å². The molecule has 1 heterocycles. The first kappa shape index (κ1) is 15.9. The summed E-state index contributed by atoms with van der Waals surface area (Å²) in [5.74, 6) is 0.0376. The molecule has 1 fully saturated rings. The van der Waals surface area contributed by atoms with E-state index in [2.05, 4.69) is 15.4 Å². The van der Waals surface area contributed by atoms with Gasteiger partial charge in [0.25, 0.3) is 0 Å². The average molecular weight is 311 g/mol. The van der Waals surface area contributed by atoms with Gasteiger partial charge in [0.2, 0.25) is 15.9 Å². The Bertz CT molecular complexity index is 578. The number of rotatable bonds is 6. The van der Waals surface area contributed by atoms with Gasteiger partial charge in [-0.1, -0.05) is 12.1 Å². The molecule has 1 atom stereocenters. The molecule has 116 valence electrons. The molecule has 1 saturated heterocycles. The van der Waals surface area contributed by atoms with E-state index in [0.29, 0.717) is 12.8 Å². The molecule has 2 rings (SSSR count). The number of nitrogens with one attached hydrogen (secondary N) is 3. The number of benzene rings is 1. The van der Waals surface area contributed by atoms with Crippen LogP contribution in [0.15, 0.2) is 29.2 Å². The first-order valence-corrected chi connectivity index (χ1v) is 8.52. The van der Waals surface area contributed by atoms with Crippen LogP contribution in [0.2, 0.25) is 0 Å². The molecule has 3 N–H and O–H groups in total. The van der Waals surface area contributed by atoms with E-state index in [1.807, 2.05) is 0 Å². The summed E-state index contributed by atoms with van der Waals surface area (Å²) in [6.07, 6.45) is 1.99. The standard InChI is InChI=1S/C14H21N3O3S/c1-15-21(19,20)13-5-2-11(3-6-13)4-7-14(18)17-12-8-9-16-10-12/h2-3,5-6,12,15-16H,4,7-10H2,1H3,(H,17,18). The molecule has 21 heavy (non-hydrogen) atoms. The van der Waals surface area contributed by atoms with Crippen LogP contribution in [-0.4, -0.2) is 40.5 Å². The summed E-state index contributed by atoms with van der Waals surface area (Å²) in [5, 5.41) is 6.19. The second kappa shape index (κ2) is 7.02. The maximum Gasteiger partial charge on any atom is 0.240 e. The minimum atomic E-state index is -3.40. The van der Waals surface area contributed by atoms with E-state index < -0.39 is 10.0 Å². The number of aryl methyl sites for hydroxylation is 1. The SMILES string of the molecule is CNS(=O)(=O)c1ccc(CCC(=O)NC2CCNC2)cc1. The summed E-state index contributed by atoms with van der Waals surface area (Å²) in [5.41, 5.74) is 0.949. The molecular weight excluding hydrogens is 290 g/mol. The zero-order valence-corrected chi connectivity index (χ0v) is 12.9. The first-order valence-electron chi connectivity index (χ1n) is 7.04. The van der Waals surface area contributed by atoms with Crippen LogP contribution in [0.5, 0.6) is 0 Å².